The lowest BCUT2D eigenvalue weighted by Crippen LogP contribution is -2.11. The summed E-state index contributed by atoms with van der Waals surface area (Å²) in [6, 6.07) is 2.00. The predicted octanol–water partition coefficient (Wildman–Crippen LogP) is 4.73. The average molecular weight is 368 g/mol. The van der Waals surface area contributed by atoms with Gasteiger partial charge in [-0.3, -0.25) is 4.57 Å². The van der Waals surface area contributed by atoms with Gasteiger partial charge in [0.15, 0.2) is 0 Å². The SMILES string of the molecule is CCOP(=O)(Cc1cc(CC(C)C)oc1CN(C)C)OCC.Cl. The van der Waals surface area contributed by atoms with E-state index in [4.69, 9.17) is 13.5 Å². The quantitative estimate of drug-likeness (QED) is 0.560. The van der Waals surface area contributed by atoms with Crippen molar-refractivity contribution in [3.05, 3.63) is 23.2 Å². The Morgan fingerprint density at radius 1 is 1.22 bits per heavy atom. The van der Waals surface area contributed by atoms with E-state index in [0.29, 0.717) is 25.7 Å². The van der Waals surface area contributed by atoms with E-state index in [1.807, 2.05) is 38.9 Å². The van der Waals surface area contributed by atoms with Crippen LogP contribution >= 0.6 is 20.0 Å². The molecule has 7 heteroatoms. The maximum absolute atomic E-state index is 12.8. The van der Waals surface area contributed by atoms with Crippen molar-refractivity contribution in [3.63, 3.8) is 0 Å². The molecule has 0 amide bonds. The first-order valence-corrected chi connectivity index (χ1v) is 9.65. The number of nitrogens with zero attached hydrogens (tertiary/aromatic N) is 1. The summed E-state index contributed by atoms with van der Waals surface area (Å²) in [4.78, 5) is 2.04. The zero-order valence-corrected chi connectivity index (χ0v) is 16.8. The molecule has 136 valence electrons. The fraction of sp³-hybridized carbons (Fsp3) is 0.750. The Balaban J connectivity index is 0.00000484. The van der Waals surface area contributed by atoms with E-state index in [1.54, 1.807) is 0 Å². The van der Waals surface area contributed by atoms with Crippen LogP contribution in [0.3, 0.4) is 0 Å². The van der Waals surface area contributed by atoms with E-state index in [2.05, 4.69) is 13.8 Å². The largest absolute Gasteiger partial charge is 0.464 e. The third-order valence-electron chi connectivity index (χ3n) is 3.03. The molecule has 0 spiro atoms. The van der Waals surface area contributed by atoms with Crippen molar-refractivity contribution in [1.82, 2.24) is 4.90 Å². The minimum atomic E-state index is -3.11. The van der Waals surface area contributed by atoms with E-state index >= 15 is 0 Å². The van der Waals surface area contributed by atoms with E-state index in [1.165, 1.54) is 0 Å². The molecule has 0 aromatic carbocycles. The highest BCUT2D eigenvalue weighted by Crippen LogP contribution is 2.52. The Morgan fingerprint density at radius 2 is 1.78 bits per heavy atom. The minimum Gasteiger partial charge on any atom is -0.464 e. The number of rotatable bonds is 10. The minimum absolute atomic E-state index is 0. The molecule has 0 bridgehead atoms. The summed E-state index contributed by atoms with van der Waals surface area (Å²) < 4.78 is 29.5. The van der Waals surface area contributed by atoms with Crippen LogP contribution in [0, 0.1) is 5.92 Å². The van der Waals surface area contributed by atoms with Crippen LogP contribution < -0.4 is 0 Å². The van der Waals surface area contributed by atoms with Crippen LogP contribution in [0.4, 0.5) is 0 Å². The molecule has 0 unspecified atom stereocenters. The van der Waals surface area contributed by atoms with Gasteiger partial charge >= 0.3 is 7.60 Å². The standard InChI is InChI=1S/C16H30NO4P.ClH/c1-7-19-22(18,20-8-2)12-14-10-15(9-13(3)4)21-16(14)11-17(5)6;/h10,13H,7-9,11-12H2,1-6H3;1H. The van der Waals surface area contributed by atoms with Gasteiger partial charge in [0.05, 0.1) is 25.9 Å². The molecule has 1 rings (SSSR count). The second-order valence-corrected chi connectivity index (χ2v) is 8.16. The Labute approximate surface area is 146 Å². The van der Waals surface area contributed by atoms with E-state index in [9.17, 15) is 4.57 Å². The molecule has 0 atom stereocenters. The van der Waals surface area contributed by atoms with Gasteiger partial charge in [0.1, 0.15) is 11.5 Å². The first-order chi connectivity index (χ1) is 10.3. The van der Waals surface area contributed by atoms with Crippen molar-refractivity contribution >= 4 is 20.0 Å². The van der Waals surface area contributed by atoms with Gasteiger partial charge in [-0.25, -0.2) is 0 Å². The molecule has 1 aromatic heterocycles. The van der Waals surface area contributed by atoms with Crippen molar-refractivity contribution < 1.29 is 18.0 Å². The second kappa shape index (κ2) is 10.5. The lowest BCUT2D eigenvalue weighted by atomic mass is 10.1. The monoisotopic (exact) mass is 367 g/mol. The van der Waals surface area contributed by atoms with Crippen molar-refractivity contribution in [2.45, 2.75) is 46.8 Å². The highest BCUT2D eigenvalue weighted by Gasteiger charge is 2.27. The second-order valence-electron chi connectivity index (χ2n) is 6.10. The van der Waals surface area contributed by atoms with E-state index < -0.39 is 7.60 Å². The molecule has 23 heavy (non-hydrogen) atoms. The van der Waals surface area contributed by atoms with Gasteiger partial charge in [-0.15, -0.1) is 12.4 Å². The molecule has 0 aliphatic rings. The van der Waals surface area contributed by atoms with Gasteiger partial charge in [-0.05, 0) is 39.9 Å². The van der Waals surface area contributed by atoms with Gasteiger partial charge < -0.3 is 18.4 Å². The molecular weight excluding hydrogens is 337 g/mol. The lowest BCUT2D eigenvalue weighted by molar-refractivity contribution is 0.218. The Kier molecular flexibility index (Phi) is 10.4. The van der Waals surface area contributed by atoms with E-state index in [-0.39, 0.29) is 18.6 Å². The summed E-state index contributed by atoms with van der Waals surface area (Å²) in [6.45, 7) is 9.37. The maximum Gasteiger partial charge on any atom is 0.335 e. The lowest BCUT2D eigenvalue weighted by Gasteiger charge is -2.17. The van der Waals surface area contributed by atoms with Crippen molar-refractivity contribution in [2.75, 3.05) is 27.3 Å². The zero-order valence-electron chi connectivity index (χ0n) is 15.1. The molecule has 1 heterocycles. The summed E-state index contributed by atoms with van der Waals surface area (Å²) >= 11 is 0. The van der Waals surface area contributed by atoms with Gasteiger partial charge in [-0.1, -0.05) is 13.8 Å². The topological polar surface area (TPSA) is 51.9 Å². The Bertz CT molecular complexity index is 492. The summed E-state index contributed by atoms with van der Waals surface area (Å²) in [5.41, 5.74) is 0.926. The highest BCUT2D eigenvalue weighted by molar-refractivity contribution is 7.53. The van der Waals surface area contributed by atoms with Crippen LogP contribution in [0.5, 0.6) is 0 Å². The molecule has 0 aliphatic heterocycles. The molecule has 0 fully saturated rings. The number of halogens is 1. The normalized spacial score (nSPS) is 12.0. The third kappa shape index (κ3) is 7.86. The molecular formula is C16H31ClNO4P. The molecule has 5 nitrogen and oxygen atoms in total. The molecule has 0 saturated heterocycles. The molecule has 0 saturated carbocycles. The fourth-order valence-electron chi connectivity index (χ4n) is 2.32. The van der Waals surface area contributed by atoms with Crippen LogP contribution in [-0.4, -0.2) is 32.2 Å². The molecule has 0 radical (unpaired) electrons. The van der Waals surface area contributed by atoms with Crippen LogP contribution in [0.25, 0.3) is 0 Å². The average Bonchev–Trinajstić information content (AvgIpc) is 2.69. The zero-order chi connectivity index (χ0) is 16.8. The predicted molar refractivity (Wildman–Crippen MR) is 96.5 cm³/mol. The van der Waals surface area contributed by atoms with Crippen molar-refractivity contribution in [3.8, 4) is 0 Å². The van der Waals surface area contributed by atoms with Crippen LogP contribution in [0.15, 0.2) is 10.5 Å². The summed E-state index contributed by atoms with van der Waals surface area (Å²) in [6.07, 6.45) is 1.13. The fourth-order valence-corrected chi connectivity index (χ4v) is 4.05. The van der Waals surface area contributed by atoms with Gasteiger partial charge in [0.2, 0.25) is 0 Å². The van der Waals surface area contributed by atoms with Crippen LogP contribution in [0.1, 0.15) is 44.8 Å². The van der Waals surface area contributed by atoms with Crippen LogP contribution in [-0.2, 0) is 32.7 Å². The summed E-state index contributed by atoms with van der Waals surface area (Å²) in [7, 11) is 0.859. The number of hydrogen-bond acceptors (Lipinski definition) is 5. The van der Waals surface area contributed by atoms with Gasteiger partial charge in [0.25, 0.3) is 0 Å². The highest BCUT2D eigenvalue weighted by atomic mass is 35.5. The smallest absolute Gasteiger partial charge is 0.335 e. The molecule has 1 aromatic rings. The first-order valence-electron chi connectivity index (χ1n) is 7.93. The molecule has 0 aliphatic carbocycles. The summed E-state index contributed by atoms with van der Waals surface area (Å²) in [5, 5.41) is 0. The van der Waals surface area contributed by atoms with Crippen molar-refractivity contribution in [1.29, 1.82) is 0 Å². The Hall–Kier alpha value is -0.320. The van der Waals surface area contributed by atoms with Gasteiger partial charge in [-0.2, -0.15) is 0 Å². The van der Waals surface area contributed by atoms with E-state index in [0.717, 1.165) is 23.5 Å². The number of hydrogen-bond donors (Lipinski definition) is 0. The van der Waals surface area contributed by atoms with Crippen molar-refractivity contribution in [2.24, 2.45) is 5.92 Å². The van der Waals surface area contributed by atoms with Crippen LogP contribution in [0.2, 0.25) is 0 Å². The molecule has 0 N–H and O–H groups in total. The Morgan fingerprint density at radius 3 is 2.22 bits per heavy atom. The first kappa shape index (κ1) is 22.7. The van der Waals surface area contributed by atoms with Gasteiger partial charge in [0, 0.05) is 12.0 Å². The third-order valence-corrected chi connectivity index (χ3v) is 5.06. The maximum atomic E-state index is 12.8. The number of furan rings is 1. The summed E-state index contributed by atoms with van der Waals surface area (Å²) in [5.74, 6) is 2.29.